The molecule has 25 heavy (non-hydrogen) atoms. The fourth-order valence-corrected chi connectivity index (χ4v) is 4.32. The van der Waals surface area contributed by atoms with Crippen molar-refractivity contribution >= 4 is 0 Å². The van der Waals surface area contributed by atoms with Crippen molar-refractivity contribution < 1.29 is 4.74 Å². The Morgan fingerprint density at radius 3 is 2.52 bits per heavy atom. The summed E-state index contributed by atoms with van der Waals surface area (Å²) in [6.07, 6.45) is 12.7. The maximum Gasteiger partial charge on any atom is 0.123 e. The third-order valence-corrected chi connectivity index (χ3v) is 5.71. The van der Waals surface area contributed by atoms with Crippen LogP contribution in [0.5, 0.6) is 5.75 Å². The average Bonchev–Trinajstić information content (AvgIpc) is 2.91. The van der Waals surface area contributed by atoms with E-state index in [1.54, 1.807) is 0 Å². The highest BCUT2D eigenvalue weighted by molar-refractivity contribution is 5.68. The van der Waals surface area contributed by atoms with Crippen LogP contribution in [0.15, 0.2) is 36.5 Å². The molecule has 2 aromatic rings. The second-order valence-corrected chi connectivity index (χ2v) is 7.45. The molecule has 1 saturated carbocycles. The number of pyridine rings is 1. The molecular formula is C22H28N2O. The molecule has 2 N–H and O–H groups in total. The zero-order valence-electron chi connectivity index (χ0n) is 14.9. The third-order valence-electron chi connectivity index (χ3n) is 5.71. The number of hydrogen-bond acceptors (Lipinski definition) is 3. The van der Waals surface area contributed by atoms with Crippen molar-refractivity contribution in [2.75, 3.05) is 0 Å². The smallest absolute Gasteiger partial charge is 0.123 e. The highest BCUT2D eigenvalue weighted by atomic mass is 16.5. The standard InChI is InChI=1S/C22H28N2O/c23-19-10-4-5-12-22(19)25-21-14-13-17(20-11-6-7-15-24-20)16-8-2-1-3-9-18(16)21/h6-7,11,13-15,19,22H,1-5,8-10,12,23H2. The predicted octanol–water partition coefficient (Wildman–Crippen LogP) is 4.67. The summed E-state index contributed by atoms with van der Waals surface area (Å²) in [4.78, 5) is 4.58. The van der Waals surface area contributed by atoms with Gasteiger partial charge >= 0.3 is 0 Å². The summed E-state index contributed by atoms with van der Waals surface area (Å²) in [5.41, 5.74) is 11.5. The van der Waals surface area contributed by atoms with Gasteiger partial charge in [-0.3, -0.25) is 4.98 Å². The van der Waals surface area contributed by atoms with Gasteiger partial charge in [0.15, 0.2) is 0 Å². The first-order chi connectivity index (χ1) is 12.3. The number of aromatic nitrogens is 1. The molecule has 1 aromatic heterocycles. The van der Waals surface area contributed by atoms with Crippen LogP contribution in [-0.2, 0) is 12.8 Å². The van der Waals surface area contributed by atoms with E-state index in [1.165, 1.54) is 48.8 Å². The van der Waals surface area contributed by atoms with Crippen LogP contribution >= 0.6 is 0 Å². The number of ether oxygens (including phenoxy) is 1. The summed E-state index contributed by atoms with van der Waals surface area (Å²) < 4.78 is 6.47. The normalized spacial score (nSPS) is 23.6. The van der Waals surface area contributed by atoms with Gasteiger partial charge in [0, 0.05) is 17.8 Å². The predicted molar refractivity (Wildman–Crippen MR) is 102 cm³/mol. The van der Waals surface area contributed by atoms with Crippen molar-refractivity contribution in [2.24, 2.45) is 5.73 Å². The quantitative estimate of drug-likeness (QED) is 0.829. The van der Waals surface area contributed by atoms with Gasteiger partial charge in [0.25, 0.3) is 0 Å². The van der Waals surface area contributed by atoms with Gasteiger partial charge in [-0.25, -0.2) is 0 Å². The van der Waals surface area contributed by atoms with Crippen LogP contribution in [-0.4, -0.2) is 17.1 Å². The molecule has 3 heteroatoms. The lowest BCUT2D eigenvalue weighted by Crippen LogP contribution is -2.41. The zero-order valence-corrected chi connectivity index (χ0v) is 14.9. The van der Waals surface area contributed by atoms with Crippen molar-refractivity contribution in [1.29, 1.82) is 0 Å². The minimum atomic E-state index is 0.168. The molecule has 4 rings (SSSR count). The van der Waals surface area contributed by atoms with Crippen molar-refractivity contribution in [3.8, 4) is 17.0 Å². The van der Waals surface area contributed by atoms with Crippen LogP contribution in [0.1, 0.15) is 56.1 Å². The van der Waals surface area contributed by atoms with Crippen LogP contribution in [0.4, 0.5) is 0 Å². The third kappa shape index (κ3) is 3.57. The molecule has 0 saturated heterocycles. The van der Waals surface area contributed by atoms with Gasteiger partial charge in [0.05, 0.1) is 5.69 Å². The summed E-state index contributed by atoms with van der Waals surface area (Å²) in [7, 11) is 0. The van der Waals surface area contributed by atoms with Gasteiger partial charge in [-0.05, 0) is 80.3 Å². The van der Waals surface area contributed by atoms with Gasteiger partial charge in [-0.1, -0.05) is 18.9 Å². The van der Waals surface area contributed by atoms with Gasteiger partial charge in [-0.15, -0.1) is 0 Å². The number of benzene rings is 1. The Morgan fingerprint density at radius 1 is 0.880 bits per heavy atom. The fraction of sp³-hybridized carbons (Fsp3) is 0.500. The Morgan fingerprint density at radius 2 is 1.72 bits per heavy atom. The summed E-state index contributed by atoms with van der Waals surface area (Å²) in [6.45, 7) is 0. The van der Waals surface area contributed by atoms with Crippen LogP contribution in [0, 0.1) is 0 Å². The Kier molecular flexibility index (Phi) is 5.02. The first-order valence-corrected chi connectivity index (χ1v) is 9.81. The van der Waals surface area contributed by atoms with E-state index >= 15 is 0 Å². The average molecular weight is 336 g/mol. The Balaban J connectivity index is 1.71. The summed E-state index contributed by atoms with van der Waals surface area (Å²) in [5.74, 6) is 1.07. The van der Waals surface area contributed by atoms with Gasteiger partial charge in [0.1, 0.15) is 11.9 Å². The second kappa shape index (κ2) is 7.57. The van der Waals surface area contributed by atoms with E-state index in [1.807, 2.05) is 12.3 Å². The van der Waals surface area contributed by atoms with Crippen molar-refractivity contribution in [2.45, 2.75) is 69.9 Å². The van der Waals surface area contributed by atoms with Gasteiger partial charge < -0.3 is 10.5 Å². The number of rotatable bonds is 3. The highest BCUT2D eigenvalue weighted by Crippen LogP contribution is 2.37. The maximum absolute atomic E-state index is 6.47. The summed E-state index contributed by atoms with van der Waals surface area (Å²) in [6, 6.07) is 10.7. The molecule has 2 aliphatic carbocycles. The molecule has 132 valence electrons. The van der Waals surface area contributed by atoms with Crippen LogP contribution in [0.3, 0.4) is 0 Å². The minimum Gasteiger partial charge on any atom is -0.489 e. The van der Waals surface area contributed by atoms with Gasteiger partial charge in [-0.2, -0.15) is 0 Å². The second-order valence-electron chi connectivity index (χ2n) is 7.45. The number of fused-ring (bicyclic) bond motifs is 1. The molecule has 1 aromatic carbocycles. The molecule has 2 aliphatic rings. The zero-order chi connectivity index (χ0) is 17.1. The molecular weight excluding hydrogens is 308 g/mol. The lowest BCUT2D eigenvalue weighted by atomic mass is 9.92. The van der Waals surface area contributed by atoms with Gasteiger partial charge in [0.2, 0.25) is 0 Å². The summed E-state index contributed by atoms with van der Waals surface area (Å²) >= 11 is 0. The number of hydrogen-bond donors (Lipinski definition) is 1. The van der Waals surface area contributed by atoms with E-state index in [-0.39, 0.29) is 12.1 Å². The molecule has 0 spiro atoms. The minimum absolute atomic E-state index is 0.168. The molecule has 0 amide bonds. The molecule has 2 unspecified atom stereocenters. The maximum atomic E-state index is 6.47. The van der Waals surface area contributed by atoms with E-state index in [0.717, 1.165) is 37.1 Å². The van der Waals surface area contributed by atoms with E-state index in [4.69, 9.17) is 10.5 Å². The largest absolute Gasteiger partial charge is 0.489 e. The molecule has 2 atom stereocenters. The van der Waals surface area contributed by atoms with E-state index in [0.29, 0.717) is 0 Å². The molecule has 0 radical (unpaired) electrons. The fourth-order valence-electron chi connectivity index (χ4n) is 4.32. The molecule has 3 nitrogen and oxygen atoms in total. The Labute approximate surface area is 150 Å². The highest BCUT2D eigenvalue weighted by Gasteiger charge is 2.26. The lowest BCUT2D eigenvalue weighted by molar-refractivity contribution is 0.131. The van der Waals surface area contributed by atoms with Crippen molar-refractivity contribution in [3.05, 3.63) is 47.7 Å². The molecule has 0 aliphatic heterocycles. The first-order valence-electron chi connectivity index (χ1n) is 9.81. The first kappa shape index (κ1) is 16.6. The Hall–Kier alpha value is -1.87. The summed E-state index contributed by atoms with van der Waals surface area (Å²) in [5, 5.41) is 0. The SMILES string of the molecule is NC1CCCCC1Oc1ccc(-c2ccccn2)c2c1CCCCC2. The number of nitrogens with two attached hydrogens (primary N) is 1. The molecule has 1 fully saturated rings. The number of nitrogens with zero attached hydrogens (tertiary/aromatic N) is 1. The topological polar surface area (TPSA) is 48.1 Å². The van der Waals surface area contributed by atoms with E-state index in [2.05, 4.69) is 29.2 Å². The van der Waals surface area contributed by atoms with Crippen LogP contribution < -0.4 is 10.5 Å². The Bertz CT molecular complexity index is 713. The van der Waals surface area contributed by atoms with Crippen molar-refractivity contribution in [1.82, 2.24) is 4.98 Å². The van der Waals surface area contributed by atoms with Crippen LogP contribution in [0.2, 0.25) is 0 Å². The monoisotopic (exact) mass is 336 g/mol. The van der Waals surface area contributed by atoms with Crippen molar-refractivity contribution in [3.63, 3.8) is 0 Å². The molecule has 0 bridgehead atoms. The van der Waals surface area contributed by atoms with Crippen LogP contribution in [0.25, 0.3) is 11.3 Å². The molecule has 1 heterocycles. The van der Waals surface area contributed by atoms with E-state index < -0.39 is 0 Å². The lowest BCUT2D eigenvalue weighted by Gasteiger charge is -2.30. The van der Waals surface area contributed by atoms with E-state index in [9.17, 15) is 0 Å².